The molecule has 0 saturated heterocycles. The van der Waals surface area contributed by atoms with Crippen LogP contribution in [-0.4, -0.2) is 31.2 Å². The van der Waals surface area contributed by atoms with Crippen LogP contribution < -0.4 is 5.32 Å². The lowest BCUT2D eigenvalue weighted by Crippen LogP contribution is -2.35. The molecule has 62 valence electrons. The maximum Gasteiger partial charge on any atom is 0.164 e. The van der Waals surface area contributed by atoms with Crippen LogP contribution in [0, 0.1) is 0 Å². The largest absolute Gasteiger partial charge is 0.388 e. The maximum absolute atomic E-state index is 4.93. The van der Waals surface area contributed by atoms with Crippen LogP contribution in [0.4, 0.5) is 0 Å². The first-order chi connectivity index (χ1) is 5.24. The third-order valence-electron chi connectivity index (χ3n) is 1.65. The lowest BCUT2D eigenvalue weighted by atomic mass is 10.2. The second kappa shape index (κ2) is 3.48. The number of amidine groups is 1. The van der Waals surface area contributed by atoms with E-state index in [2.05, 4.69) is 15.5 Å². The van der Waals surface area contributed by atoms with Gasteiger partial charge in [-0.25, -0.2) is 4.99 Å². The molecule has 1 atom stereocenters. The van der Waals surface area contributed by atoms with E-state index in [1.807, 2.05) is 20.9 Å². The van der Waals surface area contributed by atoms with Gasteiger partial charge in [-0.3, -0.25) is 0 Å². The summed E-state index contributed by atoms with van der Waals surface area (Å²) in [6.07, 6.45) is 0. The molecule has 4 heteroatoms. The molecular formula is C7H13N3O. The second-order valence-electron chi connectivity index (χ2n) is 2.53. The lowest BCUT2D eigenvalue weighted by Gasteiger charge is -2.15. The number of nitrogens with zero attached hydrogens (tertiary/aromatic N) is 2. The predicted octanol–water partition coefficient (Wildman–Crippen LogP) is 0.399. The molecule has 1 aliphatic heterocycles. The first-order valence-electron chi connectivity index (χ1n) is 3.65. The number of hydrogen-bond acceptors (Lipinski definition) is 4. The van der Waals surface area contributed by atoms with Gasteiger partial charge < -0.3 is 10.2 Å². The Morgan fingerprint density at radius 1 is 1.64 bits per heavy atom. The van der Waals surface area contributed by atoms with Crippen molar-refractivity contribution >= 4 is 11.5 Å². The van der Waals surface area contributed by atoms with Gasteiger partial charge in [-0.2, -0.15) is 0 Å². The van der Waals surface area contributed by atoms with Crippen LogP contribution in [0.3, 0.4) is 0 Å². The van der Waals surface area contributed by atoms with Gasteiger partial charge in [0.15, 0.2) is 12.4 Å². The summed E-state index contributed by atoms with van der Waals surface area (Å²) >= 11 is 0. The number of aliphatic imine (C=N–C) groups is 1. The van der Waals surface area contributed by atoms with Crippen LogP contribution in [-0.2, 0) is 4.84 Å². The van der Waals surface area contributed by atoms with Crippen LogP contribution in [0.25, 0.3) is 0 Å². The number of rotatable bonds is 2. The fourth-order valence-corrected chi connectivity index (χ4v) is 0.841. The molecule has 0 fully saturated rings. The van der Waals surface area contributed by atoms with Gasteiger partial charge in [-0.15, -0.1) is 0 Å². The zero-order valence-electron chi connectivity index (χ0n) is 7.09. The third-order valence-corrected chi connectivity index (χ3v) is 1.65. The van der Waals surface area contributed by atoms with Gasteiger partial charge >= 0.3 is 0 Å². The van der Waals surface area contributed by atoms with E-state index in [0.29, 0.717) is 12.4 Å². The normalized spacial score (nSPS) is 19.9. The van der Waals surface area contributed by atoms with E-state index in [1.165, 1.54) is 0 Å². The van der Waals surface area contributed by atoms with E-state index in [9.17, 15) is 0 Å². The Kier molecular flexibility index (Phi) is 2.59. The fraction of sp³-hybridized carbons (Fsp3) is 0.714. The number of nitrogens with one attached hydrogen (secondary N) is 1. The Morgan fingerprint density at radius 3 is 2.91 bits per heavy atom. The summed E-state index contributed by atoms with van der Waals surface area (Å²) < 4.78 is 0. The van der Waals surface area contributed by atoms with Crippen LogP contribution in [0.5, 0.6) is 0 Å². The van der Waals surface area contributed by atoms with Gasteiger partial charge in [-0.05, 0) is 20.9 Å². The molecule has 11 heavy (non-hydrogen) atoms. The first kappa shape index (κ1) is 8.20. The summed E-state index contributed by atoms with van der Waals surface area (Å²) in [5.41, 5.74) is 1.00. The highest BCUT2D eigenvalue weighted by atomic mass is 16.6. The van der Waals surface area contributed by atoms with Crippen LogP contribution in [0.2, 0.25) is 0 Å². The number of hydrogen-bond donors (Lipinski definition) is 1. The minimum atomic E-state index is 0.264. The van der Waals surface area contributed by atoms with Crippen molar-refractivity contribution in [2.24, 2.45) is 10.1 Å². The highest BCUT2D eigenvalue weighted by Gasteiger charge is 2.12. The maximum atomic E-state index is 4.93. The van der Waals surface area contributed by atoms with Gasteiger partial charge in [-0.1, -0.05) is 5.16 Å². The molecule has 1 rings (SSSR count). The Labute approximate surface area is 66.3 Å². The van der Waals surface area contributed by atoms with Gasteiger partial charge in [0.05, 0.1) is 5.71 Å². The second-order valence-corrected chi connectivity index (χ2v) is 2.53. The van der Waals surface area contributed by atoms with E-state index < -0.39 is 0 Å². The Morgan fingerprint density at radius 2 is 2.36 bits per heavy atom. The highest BCUT2D eigenvalue weighted by Crippen LogP contribution is 1.98. The fourth-order valence-electron chi connectivity index (χ4n) is 0.841. The van der Waals surface area contributed by atoms with Crippen molar-refractivity contribution in [3.63, 3.8) is 0 Å². The van der Waals surface area contributed by atoms with Crippen molar-refractivity contribution in [3.05, 3.63) is 0 Å². The molecule has 0 aromatic rings. The minimum absolute atomic E-state index is 0.264. The molecule has 0 aromatic carbocycles. The minimum Gasteiger partial charge on any atom is -0.388 e. The Bertz CT molecular complexity index is 198. The zero-order chi connectivity index (χ0) is 8.27. The molecular weight excluding hydrogens is 142 g/mol. The summed E-state index contributed by atoms with van der Waals surface area (Å²) in [4.78, 5) is 9.17. The number of oxime groups is 1. The summed E-state index contributed by atoms with van der Waals surface area (Å²) in [5, 5.41) is 6.79. The topological polar surface area (TPSA) is 46.0 Å². The SMILES string of the molecule is CN[C@H](C)C1=NC(C)=NOC1. The average Bonchev–Trinajstić information content (AvgIpc) is 2.03. The Balaban J connectivity index is 2.64. The summed E-state index contributed by atoms with van der Waals surface area (Å²) in [6.45, 7) is 4.36. The smallest absolute Gasteiger partial charge is 0.164 e. The van der Waals surface area contributed by atoms with Crippen molar-refractivity contribution in [1.82, 2.24) is 5.32 Å². The van der Waals surface area contributed by atoms with E-state index in [1.54, 1.807) is 0 Å². The van der Waals surface area contributed by atoms with Crippen molar-refractivity contribution < 1.29 is 4.84 Å². The van der Waals surface area contributed by atoms with Gasteiger partial charge in [0.25, 0.3) is 0 Å². The molecule has 0 aliphatic carbocycles. The quantitative estimate of drug-likeness (QED) is 0.627. The molecule has 0 spiro atoms. The summed E-state index contributed by atoms with van der Waals surface area (Å²) in [5.74, 6) is 0.688. The van der Waals surface area contributed by atoms with E-state index >= 15 is 0 Å². The van der Waals surface area contributed by atoms with Crippen molar-refractivity contribution in [3.8, 4) is 0 Å². The standard InChI is InChI=1S/C7H13N3O/c1-5(8-3)7-4-11-10-6(2)9-7/h5,8H,4H2,1-3H3/t5-/m1/s1. The van der Waals surface area contributed by atoms with Gasteiger partial charge in [0.2, 0.25) is 0 Å². The van der Waals surface area contributed by atoms with Crippen LogP contribution in [0.15, 0.2) is 10.1 Å². The van der Waals surface area contributed by atoms with Crippen LogP contribution >= 0.6 is 0 Å². The first-order valence-corrected chi connectivity index (χ1v) is 3.65. The highest BCUT2D eigenvalue weighted by molar-refractivity contribution is 6.01. The molecule has 0 unspecified atom stereocenters. The zero-order valence-corrected chi connectivity index (χ0v) is 7.09. The molecule has 0 aromatic heterocycles. The molecule has 0 radical (unpaired) electrons. The molecule has 0 amide bonds. The van der Waals surface area contributed by atoms with Crippen molar-refractivity contribution in [1.29, 1.82) is 0 Å². The molecule has 0 bridgehead atoms. The molecule has 1 N–H and O–H groups in total. The monoisotopic (exact) mass is 155 g/mol. The van der Waals surface area contributed by atoms with Gasteiger partial charge in [0, 0.05) is 6.04 Å². The van der Waals surface area contributed by atoms with E-state index in [0.717, 1.165) is 5.71 Å². The average molecular weight is 155 g/mol. The Hall–Kier alpha value is -0.900. The predicted molar refractivity (Wildman–Crippen MR) is 45.0 cm³/mol. The van der Waals surface area contributed by atoms with E-state index in [-0.39, 0.29) is 6.04 Å². The summed E-state index contributed by atoms with van der Waals surface area (Å²) in [7, 11) is 1.90. The molecule has 1 heterocycles. The van der Waals surface area contributed by atoms with E-state index in [4.69, 9.17) is 4.84 Å². The molecule has 1 aliphatic rings. The molecule has 0 saturated carbocycles. The third kappa shape index (κ3) is 2.01. The van der Waals surface area contributed by atoms with Crippen molar-refractivity contribution in [2.45, 2.75) is 19.9 Å². The van der Waals surface area contributed by atoms with Crippen LogP contribution in [0.1, 0.15) is 13.8 Å². The lowest BCUT2D eigenvalue weighted by molar-refractivity contribution is 0.178. The van der Waals surface area contributed by atoms with Crippen molar-refractivity contribution in [2.75, 3.05) is 13.7 Å². The molecule has 4 nitrogen and oxygen atoms in total. The van der Waals surface area contributed by atoms with Gasteiger partial charge in [0.1, 0.15) is 0 Å². The summed E-state index contributed by atoms with van der Waals surface area (Å²) in [6, 6.07) is 0.264.